The zero-order valence-corrected chi connectivity index (χ0v) is 13.1. The first-order valence-electron chi connectivity index (χ1n) is 6.63. The fourth-order valence-corrected chi connectivity index (χ4v) is 3.00. The van der Waals surface area contributed by atoms with Crippen LogP contribution in [0.4, 0.5) is 0 Å². The van der Waals surface area contributed by atoms with Gasteiger partial charge in [-0.2, -0.15) is 11.8 Å². The van der Waals surface area contributed by atoms with Gasteiger partial charge in [-0.15, -0.1) is 0 Å². The van der Waals surface area contributed by atoms with E-state index in [1.807, 2.05) is 24.8 Å². The highest BCUT2D eigenvalue weighted by atomic mass is 35.5. The average molecular weight is 297 g/mol. The van der Waals surface area contributed by atoms with E-state index < -0.39 is 0 Å². The van der Waals surface area contributed by atoms with Crippen molar-refractivity contribution in [3.63, 3.8) is 0 Å². The molecule has 0 amide bonds. The van der Waals surface area contributed by atoms with E-state index in [2.05, 4.69) is 29.2 Å². The molecule has 2 N–H and O–H groups in total. The van der Waals surface area contributed by atoms with Gasteiger partial charge in [-0.25, -0.2) is 0 Å². The van der Waals surface area contributed by atoms with Crippen LogP contribution in [-0.4, -0.2) is 22.6 Å². The molecule has 2 nitrogen and oxygen atoms in total. The van der Waals surface area contributed by atoms with Gasteiger partial charge in [0.1, 0.15) is 0 Å². The van der Waals surface area contributed by atoms with Crippen LogP contribution in [0.15, 0.2) is 24.4 Å². The fourth-order valence-electron chi connectivity index (χ4n) is 2.41. The number of thioether (sulfide) groups is 1. The molecule has 1 unspecified atom stereocenters. The number of fused-ring (bicyclic) bond motifs is 1. The summed E-state index contributed by atoms with van der Waals surface area (Å²) in [6.45, 7) is 3.09. The molecule has 1 heterocycles. The lowest BCUT2D eigenvalue weighted by atomic mass is 10.1. The van der Waals surface area contributed by atoms with Crippen molar-refractivity contribution < 1.29 is 0 Å². The first kappa shape index (κ1) is 14.8. The number of benzene rings is 1. The first-order chi connectivity index (χ1) is 9.11. The third kappa shape index (κ3) is 3.68. The van der Waals surface area contributed by atoms with Crippen LogP contribution in [0.25, 0.3) is 10.9 Å². The molecule has 0 saturated heterocycles. The minimum absolute atomic E-state index is 0.181. The third-order valence-electron chi connectivity index (χ3n) is 3.22. The molecule has 0 aliphatic rings. The molecule has 2 rings (SSSR count). The highest BCUT2D eigenvalue weighted by Gasteiger charge is 2.10. The van der Waals surface area contributed by atoms with Gasteiger partial charge in [0.25, 0.3) is 0 Å². The Morgan fingerprint density at radius 1 is 1.42 bits per heavy atom. The quantitative estimate of drug-likeness (QED) is 0.819. The van der Waals surface area contributed by atoms with Crippen molar-refractivity contribution in [1.29, 1.82) is 0 Å². The molecular formula is C15H21ClN2S. The zero-order valence-electron chi connectivity index (χ0n) is 11.5. The summed E-state index contributed by atoms with van der Waals surface area (Å²) in [7, 11) is 0. The summed E-state index contributed by atoms with van der Waals surface area (Å²) in [6, 6.07) is 6.31. The molecule has 0 aliphatic heterocycles. The van der Waals surface area contributed by atoms with Gasteiger partial charge in [-0.05, 0) is 49.5 Å². The Morgan fingerprint density at radius 3 is 2.89 bits per heavy atom. The Morgan fingerprint density at radius 2 is 2.21 bits per heavy atom. The smallest absolute Gasteiger partial charge is 0.0498 e. The maximum absolute atomic E-state index is 6.12. The summed E-state index contributed by atoms with van der Waals surface area (Å²) in [5.74, 6) is 1.18. The summed E-state index contributed by atoms with van der Waals surface area (Å²) >= 11 is 8.01. The van der Waals surface area contributed by atoms with E-state index in [-0.39, 0.29) is 6.04 Å². The van der Waals surface area contributed by atoms with Gasteiger partial charge < -0.3 is 10.3 Å². The predicted molar refractivity (Wildman–Crippen MR) is 87.3 cm³/mol. The van der Waals surface area contributed by atoms with Crippen LogP contribution >= 0.6 is 23.4 Å². The van der Waals surface area contributed by atoms with Gasteiger partial charge in [0.05, 0.1) is 0 Å². The van der Waals surface area contributed by atoms with Crippen molar-refractivity contribution in [2.45, 2.75) is 32.4 Å². The van der Waals surface area contributed by atoms with Crippen molar-refractivity contribution in [2.24, 2.45) is 5.73 Å². The van der Waals surface area contributed by atoms with Crippen LogP contribution in [0.1, 0.15) is 18.9 Å². The lowest BCUT2D eigenvalue weighted by Crippen LogP contribution is -2.17. The summed E-state index contributed by atoms with van der Waals surface area (Å²) in [6.07, 6.45) is 6.47. The number of hydrogen-bond acceptors (Lipinski definition) is 2. The Bertz CT molecular complexity index is 548. The molecule has 19 heavy (non-hydrogen) atoms. The van der Waals surface area contributed by atoms with Crippen LogP contribution in [0, 0.1) is 0 Å². The Kier molecular flexibility index (Phi) is 5.20. The van der Waals surface area contributed by atoms with Crippen molar-refractivity contribution >= 4 is 34.3 Å². The number of aromatic nitrogens is 1. The van der Waals surface area contributed by atoms with E-state index in [1.54, 1.807) is 0 Å². The Labute approximate surface area is 124 Å². The zero-order chi connectivity index (χ0) is 13.8. The van der Waals surface area contributed by atoms with Crippen molar-refractivity contribution in [3.05, 3.63) is 35.0 Å². The van der Waals surface area contributed by atoms with Crippen molar-refractivity contribution in [3.8, 4) is 0 Å². The summed E-state index contributed by atoms with van der Waals surface area (Å²) in [5.41, 5.74) is 8.49. The second-order valence-electron chi connectivity index (χ2n) is 5.04. The van der Waals surface area contributed by atoms with Crippen LogP contribution in [0.3, 0.4) is 0 Å². The Hall–Kier alpha value is -0.640. The number of nitrogens with zero attached hydrogens (tertiary/aromatic N) is 1. The molecular weight excluding hydrogens is 276 g/mol. The highest BCUT2D eigenvalue weighted by Crippen LogP contribution is 2.26. The molecule has 0 fully saturated rings. The second kappa shape index (κ2) is 6.69. The molecule has 0 saturated carbocycles. The van der Waals surface area contributed by atoms with E-state index in [9.17, 15) is 0 Å². The van der Waals surface area contributed by atoms with Gasteiger partial charge >= 0.3 is 0 Å². The number of hydrogen-bond donors (Lipinski definition) is 1. The SMILES string of the molecule is CSCCCn1cc(CC(C)N)c2ccc(Cl)cc21. The van der Waals surface area contributed by atoms with Gasteiger partial charge in [-0.1, -0.05) is 17.7 Å². The molecule has 1 aromatic carbocycles. The summed E-state index contributed by atoms with van der Waals surface area (Å²) < 4.78 is 2.31. The van der Waals surface area contributed by atoms with E-state index in [0.29, 0.717) is 0 Å². The molecule has 4 heteroatoms. The molecule has 0 spiro atoms. The number of nitrogens with two attached hydrogens (primary N) is 1. The van der Waals surface area contributed by atoms with Gasteiger partial charge in [0.15, 0.2) is 0 Å². The molecule has 1 atom stereocenters. The highest BCUT2D eigenvalue weighted by molar-refractivity contribution is 7.98. The van der Waals surface area contributed by atoms with Gasteiger partial charge in [0, 0.05) is 34.7 Å². The molecule has 0 radical (unpaired) electrons. The van der Waals surface area contributed by atoms with Gasteiger partial charge in [0.2, 0.25) is 0 Å². The van der Waals surface area contributed by atoms with E-state index in [4.69, 9.17) is 17.3 Å². The van der Waals surface area contributed by atoms with Crippen molar-refractivity contribution in [1.82, 2.24) is 4.57 Å². The molecule has 104 valence electrons. The third-order valence-corrected chi connectivity index (χ3v) is 4.15. The largest absolute Gasteiger partial charge is 0.347 e. The number of aryl methyl sites for hydroxylation is 1. The van der Waals surface area contributed by atoms with E-state index in [1.165, 1.54) is 28.6 Å². The molecule has 0 bridgehead atoms. The minimum Gasteiger partial charge on any atom is -0.347 e. The molecule has 0 aliphatic carbocycles. The van der Waals surface area contributed by atoms with Gasteiger partial charge in [-0.3, -0.25) is 0 Å². The average Bonchev–Trinajstić information content (AvgIpc) is 2.67. The van der Waals surface area contributed by atoms with Crippen LogP contribution in [-0.2, 0) is 13.0 Å². The standard InChI is InChI=1S/C15H21ClN2S/c1-11(17)8-12-10-18(6-3-7-19-2)15-9-13(16)4-5-14(12)15/h4-5,9-11H,3,6-8,17H2,1-2H3. The second-order valence-corrected chi connectivity index (χ2v) is 6.46. The number of halogens is 1. The normalized spacial score (nSPS) is 13.1. The van der Waals surface area contributed by atoms with Crippen LogP contribution < -0.4 is 5.73 Å². The topological polar surface area (TPSA) is 30.9 Å². The predicted octanol–water partition coefficient (Wildman–Crippen LogP) is 3.94. The van der Waals surface area contributed by atoms with Crippen molar-refractivity contribution in [2.75, 3.05) is 12.0 Å². The van der Waals surface area contributed by atoms with E-state index >= 15 is 0 Å². The van der Waals surface area contributed by atoms with E-state index in [0.717, 1.165) is 18.0 Å². The fraction of sp³-hybridized carbons (Fsp3) is 0.467. The van der Waals surface area contributed by atoms with Crippen LogP contribution in [0.2, 0.25) is 5.02 Å². The summed E-state index contributed by atoms with van der Waals surface area (Å²) in [5, 5.41) is 2.08. The lowest BCUT2D eigenvalue weighted by Gasteiger charge is -2.04. The minimum atomic E-state index is 0.181. The summed E-state index contributed by atoms with van der Waals surface area (Å²) in [4.78, 5) is 0. The maximum atomic E-state index is 6.12. The lowest BCUT2D eigenvalue weighted by molar-refractivity contribution is 0.697. The molecule has 2 aromatic rings. The monoisotopic (exact) mass is 296 g/mol. The Balaban J connectivity index is 2.35. The number of rotatable bonds is 6. The maximum Gasteiger partial charge on any atom is 0.0498 e. The first-order valence-corrected chi connectivity index (χ1v) is 8.40. The van der Waals surface area contributed by atoms with Crippen LogP contribution in [0.5, 0.6) is 0 Å². The molecule has 1 aromatic heterocycles.